The molecule has 0 aromatic carbocycles. The maximum Gasteiger partial charge on any atom is 0.191 e. The Bertz CT molecular complexity index is 397. The maximum atomic E-state index is 5.89. The SMILES string of the molecule is C#CC1OC2OC(C)(C)OC2[C@@H]2OC(C)(C)OC12. The first-order chi connectivity index (χ1) is 8.31. The Balaban J connectivity index is 1.89. The van der Waals surface area contributed by atoms with Crippen LogP contribution in [0.15, 0.2) is 0 Å². The zero-order chi connectivity index (χ0) is 13.1. The average molecular weight is 254 g/mol. The summed E-state index contributed by atoms with van der Waals surface area (Å²) in [7, 11) is 0. The molecule has 0 saturated carbocycles. The maximum absolute atomic E-state index is 5.89. The first-order valence-electron chi connectivity index (χ1n) is 6.14. The van der Waals surface area contributed by atoms with Gasteiger partial charge >= 0.3 is 0 Å². The van der Waals surface area contributed by atoms with Crippen molar-refractivity contribution >= 4 is 0 Å². The Labute approximate surface area is 107 Å². The van der Waals surface area contributed by atoms with Crippen LogP contribution in [0.25, 0.3) is 0 Å². The molecule has 0 aromatic rings. The lowest BCUT2D eigenvalue weighted by atomic mass is 9.99. The van der Waals surface area contributed by atoms with Gasteiger partial charge in [-0.3, -0.25) is 0 Å². The third kappa shape index (κ3) is 1.85. The summed E-state index contributed by atoms with van der Waals surface area (Å²) < 4.78 is 28.9. The molecule has 3 saturated heterocycles. The molecule has 0 N–H and O–H groups in total. The number of rotatable bonds is 0. The average Bonchev–Trinajstić information content (AvgIpc) is 2.71. The Morgan fingerprint density at radius 1 is 0.833 bits per heavy atom. The van der Waals surface area contributed by atoms with Crippen LogP contribution in [0.2, 0.25) is 0 Å². The van der Waals surface area contributed by atoms with Gasteiger partial charge in [0, 0.05) is 0 Å². The normalized spacial score (nSPS) is 48.3. The van der Waals surface area contributed by atoms with Crippen molar-refractivity contribution in [2.45, 2.75) is 70.0 Å². The Kier molecular flexibility index (Phi) is 2.54. The van der Waals surface area contributed by atoms with Crippen molar-refractivity contribution < 1.29 is 23.7 Å². The summed E-state index contributed by atoms with van der Waals surface area (Å²) in [5.41, 5.74) is 0. The predicted molar refractivity (Wildman–Crippen MR) is 61.4 cm³/mol. The van der Waals surface area contributed by atoms with Gasteiger partial charge in [0.15, 0.2) is 17.9 Å². The highest BCUT2D eigenvalue weighted by molar-refractivity contribution is 5.10. The third-order valence-electron chi connectivity index (χ3n) is 3.32. The monoisotopic (exact) mass is 254 g/mol. The van der Waals surface area contributed by atoms with Gasteiger partial charge in [0.2, 0.25) is 0 Å². The van der Waals surface area contributed by atoms with Crippen LogP contribution < -0.4 is 0 Å². The zero-order valence-corrected chi connectivity index (χ0v) is 11.0. The van der Waals surface area contributed by atoms with Crippen molar-refractivity contribution in [3.05, 3.63) is 0 Å². The van der Waals surface area contributed by atoms with Gasteiger partial charge in [0.25, 0.3) is 0 Å². The first-order valence-corrected chi connectivity index (χ1v) is 6.14. The Morgan fingerprint density at radius 3 is 2.06 bits per heavy atom. The fourth-order valence-corrected chi connectivity index (χ4v) is 2.75. The van der Waals surface area contributed by atoms with E-state index in [0.29, 0.717) is 0 Å². The fourth-order valence-electron chi connectivity index (χ4n) is 2.75. The second-order valence-corrected chi connectivity index (χ2v) is 5.76. The van der Waals surface area contributed by atoms with Gasteiger partial charge in [-0.1, -0.05) is 5.92 Å². The largest absolute Gasteiger partial charge is 0.341 e. The lowest BCUT2D eigenvalue weighted by Crippen LogP contribution is -2.54. The van der Waals surface area contributed by atoms with E-state index >= 15 is 0 Å². The van der Waals surface area contributed by atoms with E-state index in [1.54, 1.807) is 0 Å². The highest BCUT2D eigenvalue weighted by Crippen LogP contribution is 2.43. The molecule has 0 amide bonds. The molecule has 0 bridgehead atoms. The number of fused-ring (bicyclic) bond motifs is 3. The quantitative estimate of drug-likeness (QED) is 0.604. The Hall–Kier alpha value is -0.640. The van der Waals surface area contributed by atoms with Gasteiger partial charge < -0.3 is 23.7 Å². The molecule has 3 aliphatic rings. The van der Waals surface area contributed by atoms with Crippen molar-refractivity contribution in [1.82, 2.24) is 0 Å². The van der Waals surface area contributed by atoms with E-state index in [0.717, 1.165) is 0 Å². The number of ether oxygens (including phenoxy) is 5. The molecule has 4 unspecified atom stereocenters. The molecule has 5 atom stereocenters. The standard InChI is InChI=1S/C13H18O5/c1-6-7-8-9(16-12(2,3)15-8)10-11(14-7)18-13(4,5)17-10/h1,7-11H,2-5H3/t7?,8?,9-,10?,11?/m1/s1. The van der Waals surface area contributed by atoms with Gasteiger partial charge in [-0.05, 0) is 27.7 Å². The molecule has 0 radical (unpaired) electrons. The minimum atomic E-state index is -0.695. The first kappa shape index (κ1) is 12.4. The topological polar surface area (TPSA) is 46.2 Å². The van der Waals surface area contributed by atoms with Crippen LogP contribution in [0.4, 0.5) is 0 Å². The molecule has 5 heteroatoms. The smallest absolute Gasteiger partial charge is 0.191 e. The molecular formula is C13H18O5. The van der Waals surface area contributed by atoms with Crippen LogP contribution in [0.3, 0.4) is 0 Å². The lowest BCUT2D eigenvalue weighted by molar-refractivity contribution is -0.220. The van der Waals surface area contributed by atoms with Gasteiger partial charge in [-0.25, -0.2) is 0 Å². The molecule has 5 nitrogen and oxygen atoms in total. The van der Waals surface area contributed by atoms with E-state index < -0.39 is 24.0 Å². The molecule has 0 aliphatic carbocycles. The second kappa shape index (κ2) is 3.69. The summed E-state index contributed by atoms with van der Waals surface area (Å²) in [6.07, 6.45) is 3.63. The lowest BCUT2D eigenvalue weighted by Gasteiger charge is -2.34. The predicted octanol–water partition coefficient (Wildman–Crippen LogP) is 1.02. The second-order valence-electron chi connectivity index (χ2n) is 5.76. The number of hydrogen-bond acceptors (Lipinski definition) is 5. The van der Waals surface area contributed by atoms with Crippen molar-refractivity contribution in [2.24, 2.45) is 0 Å². The minimum absolute atomic E-state index is 0.262. The molecule has 0 aromatic heterocycles. The minimum Gasteiger partial charge on any atom is -0.341 e. The van der Waals surface area contributed by atoms with Crippen LogP contribution in [0.5, 0.6) is 0 Å². The summed E-state index contributed by atoms with van der Waals surface area (Å²) in [5.74, 6) is 1.21. The molecule has 3 heterocycles. The fraction of sp³-hybridized carbons (Fsp3) is 0.846. The van der Waals surface area contributed by atoms with E-state index in [1.807, 2.05) is 27.7 Å². The molecule has 0 spiro atoms. The summed E-state index contributed by atoms with van der Waals surface area (Å²) in [4.78, 5) is 0. The summed E-state index contributed by atoms with van der Waals surface area (Å²) in [6, 6.07) is 0. The van der Waals surface area contributed by atoms with Crippen LogP contribution in [-0.4, -0.2) is 42.3 Å². The van der Waals surface area contributed by atoms with E-state index in [-0.39, 0.29) is 18.3 Å². The third-order valence-corrected chi connectivity index (χ3v) is 3.32. The van der Waals surface area contributed by atoms with Crippen LogP contribution in [0.1, 0.15) is 27.7 Å². The van der Waals surface area contributed by atoms with Gasteiger partial charge in [-0.15, -0.1) is 6.42 Å². The van der Waals surface area contributed by atoms with Crippen molar-refractivity contribution in [1.29, 1.82) is 0 Å². The summed E-state index contributed by atoms with van der Waals surface area (Å²) in [5, 5.41) is 0. The summed E-state index contributed by atoms with van der Waals surface area (Å²) >= 11 is 0. The van der Waals surface area contributed by atoms with E-state index in [9.17, 15) is 0 Å². The van der Waals surface area contributed by atoms with Crippen LogP contribution in [0, 0.1) is 12.3 Å². The molecule has 3 fully saturated rings. The van der Waals surface area contributed by atoms with E-state index in [4.69, 9.17) is 30.1 Å². The Morgan fingerprint density at radius 2 is 1.39 bits per heavy atom. The highest BCUT2D eigenvalue weighted by atomic mass is 16.9. The summed E-state index contributed by atoms with van der Waals surface area (Å²) in [6.45, 7) is 7.40. The van der Waals surface area contributed by atoms with Crippen molar-refractivity contribution in [2.75, 3.05) is 0 Å². The zero-order valence-electron chi connectivity index (χ0n) is 11.0. The van der Waals surface area contributed by atoms with Crippen molar-refractivity contribution in [3.8, 4) is 12.3 Å². The molecule has 100 valence electrons. The number of hydrogen-bond donors (Lipinski definition) is 0. The van der Waals surface area contributed by atoms with Gasteiger partial charge in [0.05, 0.1) is 0 Å². The molecular weight excluding hydrogens is 236 g/mol. The van der Waals surface area contributed by atoms with Gasteiger partial charge in [0.1, 0.15) is 24.4 Å². The number of terminal acetylenes is 1. The van der Waals surface area contributed by atoms with E-state index in [2.05, 4.69) is 5.92 Å². The molecule has 3 aliphatic heterocycles. The van der Waals surface area contributed by atoms with Crippen LogP contribution in [-0.2, 0) is 23.7 Å². The van der Waals surface area contributed by atoms with Crippen molar-refractivity contribution in [3.63, 3.8) is 0 Å². The van der Waals surface area contributed by atoms with Gasteiger partial charge in [-0.2, -0.15) is 0 Å². The van der Waals surface area contributed by atoms with Crippen LogP contribution >= 0.6 is 0 Å². The highest BCUT2D eigenvalue weighted by Gasteiger charge is 2.60. The van der Waals surface area contributed by atoms with E-state index in [1.165, 1.54) is 0 Å². The molecule has 18 heavy (non-hydrogen) atoms. The molecule has 3 rings (SSSR count).